The normalized spacial score (nSPS) is 12.2. The zero-order chi connectivity index (χ0) is 58.7. The number of hydrogen-bond donors (Lipinski definition) is 0. The maximum Gasteiger partial charge on any atom is 0.0640 e. The Morgan fingerprint density at radius 3 is 0.967 bits per heavy atom. The highest BCUT2D eigenvalue weighted by molar-refractivity contribution is 7.28. The Balaban J connectivity index is 0.744. The van der Waals surface area contributed by atoms with Crippen LogP contribution < -0.4 is 9.80 Å². The average molecular weight is 1220 g/mol. The van der Waals surface area contributed by atoms with Crippen LogP contribution in [0.1, 0.15) is 0 Å². The van der Waals surface area contributed by atoms with E-state index in [0.29, 0.717) is 0 Å². The second-order valence-corrected chi connectivity index (χ2v) is 27.7. The zero-order valence-electron chi connectivity index (χ0n) is 48.1. The molecular formula is C82H48N4S4. The van der Waals surface area contributed by atoms with Gasteiger partial charge in [-0.3, -0.25) is 0 Å². The highest BCUT2D eigenvalue weighted by Gasteiger charge is 2.25. The van der Waals surface area contributed by atoms with Gasteiger partial charge in [-0.15, -0.1) is 45.3 Å². The lowest BCUT2D eigenvalue weighted by molar-refractivity contribution is 1.18. The average Bonchev–Trinajstić information content (AvgIpc) is 1.77. The molecule has 6 aromatic heterocycles. The van der Waals surface area contributed by atoms with Crippen molar-refractivity contribution in [2.45, 2.75) is 0 Å². The lowest BCUT2D eigenvalue weighted by Crippen LogP contribution is -2.10. The minimum Gasteiger partial charge on any atom is -0.309 e. The van der Waals surface area contributed by atoms with Gasteiger partial charge in [-0.1, -0.05) is 170 Å². The van der Waals surface area contributed by atoms with Crippen molar-refractivity contribution in [2.75, 3.05) is 9.80 Å². The topological polar surface area (TPSA) is 16.3 Å². The Labute approximate surface area is 532 Å². The van der Waals surface area contributed by atoms with Gasteiger partial charge in [-0.25, -0.2) is 0 Å². The molecule has 0 radical (unpaired) electrons. The number of hydrogen-bond acceptors (Lipinski definition) is 6. The van der Waals surface area contributed by atoms with Gasteiger partial charge in [0, 0.05) is 138 Å². The quantitative estimate of drug-likeness (QED) is 0.151. The van der Waals surface area contributed by atoms with Crippen molar-refractivity contribution in [1.82, 2.24) is 9.13 Å². The van der Waals surface area contributed by atoms with Crippen LogP contribution in [-0.4, -0.2) is 9.13 Å². The van der Waals surface area contributed by atoms with Crippen molar-refractivity contribution >= 4 is 215 Å². The number of fused-ring (bicyclic) bond motifs is 21. The maximum atomic E-state index is 2.51. The summed E-state index contributed by atoms with van der Waals surface area (Å²) in [6.45, 7) is 0. The molecule has 20 rings (SSSR count). The van der Waals surface area contributed by atoms with Gasteiger partial charge >= 0.3 is 0 Å². The van der Waals surface area contributed by atoms with Crippen LogP contribution in [0.2, 0.25) is 0 Å². The summed E-state index contributed by atoms with van der Waals surface area (Å²) in [4.78, 5) is 5.02. The predicted molar refractivity (Wildman–Crippen MR) is 394 cm³/mol. The third kappa shape index (κ3) is 7.39. The minimum absolute atomic E-state index is 1.12. The molecule has 0 bridgehead atoms. The van der Waals surface area contributed by atoms with Gasteiger partial charge in [0.15, 0.2) is 0 Å². The highest BCUT2D eigenvalue weighted by Crippen LogP contribution is 2.52. The standard InChI is InChI=1S/C82H48N4S4/c1-3-17-49(18-4-1)85-69-27-11-7-21-55(69)67-45-51(35-43-71(67)85)83(73-29-15-25-61-57-23-9-13-31-75(57)87-81(61)73)53-33-37-59-63-39-41-66-65(79(63)89-77(59)47-53)42-40-64-60-38-34-54(48-78(60)90-80(64)66)84(74-30-16-26-62-58-24-10-14-32-76(58)88-82(62)74)52-36-44-72-68(46-52)56-22-8-12-28-70(56)86(72)50-19-5-2-6-20-50/h1-48H. The van der Waals surface area contributed by atoms with E-state index in [2.05, 4.69) is 310 Å². The number of para-hydroxylation sites is 4. The van der Waals surface area contributed by atoms with Crippen LogP contribution in [0.15, 0.2) is 291 Å². The molecule has 0 aliphatic carbocycles. The van der Waals surface area contributed by atoms with E-state index in [9.17, 15) is 0 Å². The molecule has 0 aliphatic heterocycles. The minimum atomic E-state index is 1.12. The van der Waals surface area contributed by atoms with Crippen LogP contribution >= 0.6 is 45.3 Å². The van der Waals surface area contributed by atoms with Gasteiger partial charge in [-0.2, -0.15) is 0 Å². The first-order valence-corrected chi connectivity index (χ1v) is 33.7. The zero-order valence-corrected chi connectivity index (χ0v) is 51.4. The SMILES string of the molecule is c1ccc(-n2c3ccccc3c3cc(N(c4ccc5c(c4)sc4c5ccc5c4ccc4c6ccc(N(c7ccc8c(c7)c7ccccc7n8-c7ccccc7)c7cccc8c7sc7ccccc78)cc6sc45)c4cccc5c4sc4ccccc45)ccc32)cc1. The lowest BCUT2D eigenvalue weighted by atomic mass is 10.0. The third-order valence-electron chi connectivity index (χ3n) is 18.7. The van der Waals surface area contributed by atoms with E-state index in [1.807, 2.05) is 45.3 Å². The maximum absolute atomic E-state index is 2.51. The van der Waals surface area contributed by atoms with Gasteiger partial charge in [0.2, 0.25) is 0 Å². The lowest BCUT2D eigenvalue weighted by Gasteiger charge is -2.26. The Bertz CT molecular complexity index is 5990. The van der Waals surface area contributed by atoms with Crippen molar-refractivity contribution < 1.29 is 0 Å². The molecular weight excluding hydrogens is 1170 g/mol. The number of benzene rings is 14. The van der Waals surface area contributed by atoms with E-state index in [-0.39, 0.29) is 0 Å². The van der Waals surface area contributed by atoms with Crippen LogP contribution in [0.5, 0.6) is 0 Å². The van der Waals surface area contributed by atoms with Crippen LogP contribution in [0.4, 0.5) is 34.1 Å². The fourth-order valence-corrected chi connectivity index (χ4v) is 19.6. The molecule has 0 unspecified atom stereocenters. The van der Waals surface area contributed by atoms with E-state index < -0.39 is 0 Å². The Kier molecular flexibility index (Phi) is 10.9. The molecule has 0 saturated heterocycles. The predicted octanol–water partition coefficient (Wildman–Crippen LogP) is 25.4. The summed E-state index contributed by atoms with van der Waals surface area (Å²) in [7, 11) is 0. The number of rotatable bonds is 8. The molecule has 0 fully saturated rings. The molecule has 4 nitrogen and oxygen atoms in total. The smallest absolute Gasteiger partial charge is 0.0640 e. The molecule has 14 aromatic carbocycles. The van der Waals surface area contributed by atoms with Gasteiger partial charge in [-0.05, 0) is 121 Å². The Morgan fingerprint density at radius 2 is 0.511 bits per heavy atom. The van der Waals surface area contributed by atoms with Crippen LogP contribution in [0.3, 0.4) is 0 Å². The van der Waals surface area contributed by atoms with E-state index in [1.165, 1.54) is 146 Å². The number of nitrogens with zero attached hydrogens (tertiary/aromatic N) is 4. The third-order valence-corrected chi connectivity index (χ3v) is 23.5. The van der Waals surface area contributed by atoms with Crippen LogP contribution in [0.25, 0.3) is 146 Å². The second-order valence-electron chi connectivity index (χ2n) is 23.5. The van der Waals surface area contributed by atoms with Crippen LogP contribution in [0, 0.1) is 0 Å². The molecule has 0 N–H and O–H groups in total. The summed E-state index contributed by atoms with van der Waals surface area (Å²) < 4.78 is 15.1. The number of anilines is 6. The van der Waals surface area contributed by atoms with Gasteiger partial charge < -0.3 is 18.9 Å². The largest absolute Gasteiger partial charge is 0.309 e. The Hall–Kier alpha value is -10.6. The molecule has 6 heterocycles. The van der Waals surface area contributed by atoms with Crippen molar-refractivity contribution in [1.29, 1.82) is 0 Å². The van der Waals surface area contributed by atoms with Crippen LogP contribution in [-0.2, 0) is 0 Å². The second kappa shape index (κ2) is 19.5. The molecule has 0 amide bonds. The molecule has 90 heavy (non-hydrogen) atoms. The number of aromatic nitrogens is 2. The molecule has 8 heteroatoms. The summed E-state index contributed by atoms with van der Waals surface area (Å²) in [6, 6.07) is 109. The molecule has 0 atom stereocenters. The summed E-state index contributed by atoms with van der Waals surface area (Å²) in [5.41, 5.74) is 13.9. The summed E-state index contributed by atoms with van der Waals surface area (Å²) in [5.74, 6) is 0. The van der Waals surface area contributed by atoms with E-state index in [0.717, 1.165) is 34.1 Å². The van der Waals surface area contributed by atoms with Crippen molar-refractivity contribution in [3.05, 3.63) is 291 Å². The fourth-order valence-electron chi connectivity index (χ4n) is 14.7. The molecule has 0 spiro atoms. The summed E-state index contributed by atoms with van der Waals surface area (Å²) in [6.07, 6.45) is 0. The van der Waals surface area contributed by atoms with E-state index in [4.69, 9.17) is 0 Å². The summed E-state index contributed by atoms with van der Waals surface area (Å²) in [5, 5.41) is 17.8. The fraction of sp³-hybridized carbons (Fsp3) is 0. The van der Waals surface area contributed by atoms with Gasteiger partial charge in [0.1, 0.15) is 0 Å². The van der Waals surface area contributed by atoms with E-state index >= 15 is 0 Å². The number of thiophene rings is 4. The molecule has 0 aliphatic rings. The van der Waals surface area contributed by atoms with E-state index in [1.54, 1.807) is 0 Å². The van der Waals surface area contributed by atoms with Crippen molar-refractivity contribution in [2.24, 2.45) is 0 Å². The highest BCUT2D eigenvalue weighted by atomic mass is 32.1. The Morgan fingerprint density at radius 1 is 0.200 bits per heavy atom. The molecule has 0 saturated carbocycles. The monoisotopic (exact) mass is 1220 g/mol. The first-order chi connectivity index (χ1) is 44.6. The molecule has 20 aromatic rings. The van der Waals surface area contributed by atoms with Crippen molar-refractivity contribution in [3.8, 4) is 11.4 Å². The molecule has 420 valence electrons. The van der Waals surface area contributed by atoms with Gasteiger partial charge in [0.05, 0.1) is 42.8 Å². The van der Waals surface area contributed by atoms with Gasteiger partial charge in [0.25, 0.3) is 0 Å². The first kappa shape index (κ1) is 50.4. The summed E-state index contributed by atoms with van der Waals surface area (Å²) >= 11 is 7.59. The van der Waals surface area contributed by atoms with Crippen molar-refractivity contribution in [3.63, 3.8) is 0 Å². The first-order valence-electron chi connectivity index (χ1n) is 30.5.